The molecule has 2 rings (SSSR count). The highest BCUT2D eigenvalue weighted by molar-refractivity contribution is 5.49. The van der Waals surface area contributed by atoms with Crippen LogP contribution in [0.25, 0.3) is 0 Å². The molecule has 0 spiro atoms. The molecule has 1 heterocycles. The molecule has 0 aliphatic heterocycles. The van der Waals surface area contributed by atoms with Crippen molar-refractivity contribution in [2.75, 3.05) is 17.2 Å². The summed E-state index contributed by atoms with van der Waals surface area (Å²) in [5.74, 6) is 0.216. The molecule has 0 fully saturated rings. The molecule has 0 radical (unpaired) electrons. The Balaban J connectivity index is 2.31. The van der Waals surface area contributed by atoms with Crippen molar-refractivity contribution in [3.05, 3.63) is 36.1 Å². The van der Waals surface area contributed by atoms with Gasteiger partial charge in [-0.25, -0.2) is 9.37 Å². The molecule has 6 heteroatoms. The molecule has 6 N–H and O–H groups in total. The molecule has 0 aliphatic rings. The molecule has 17 heavy (non-hydrogen) atoms. The van der Waals surface area contributed by atoms with Gasteiger partial charge in [0.25, 0.3) is 0 Å². The first kappa shape index (κ1) is 11.0. The zero-order valence-corrected chi connectivity index (χ0v) is 8.85. The molecule has 2 aromatic rings. The van der Waals surface area contributed by atoms with E-state index in [-0.39, 0.29) is 17.4 Å². The van der Waals surface area contributed by atoms with Gasteiger partial charge >= 0.3 is 0 Å². The molecule has 5 nitrogen and oxygen atoms in total. The standard InChI is InChI=1S/C11H11FN4O/c12-8-3-6(13)1-2-9(8)17-7-4-10(14)16-11(15)5-7/h1-5H,13H2,(H4,14,15,16). The number of aromatic nitrogens is 1. The van der Waals surface area contributed by atoms with Crippen LogP contribution in [0.5, 0.6) is 11.5 Å². The normalized spacial score (nSPS) is 10.2. The lowest BCUT2D eigenvalue weighted by molar-refractivity contribution is 0.442. The van der Waals surface area contributed by atoms with Crippen LogP contribution >= 0.6 is 0 Å². The third-order valence-corrected chi connectivity index (χ3v) is 2.02. The van der Waals surface area contributed by atoms with Crippen LogP contribution < -0.4 is 21.9 Å². The second kappa shape index (κ2) is 4.17. The van der Waals surface area contributed by atoms with E-state index in [4.69, 9.17) is 21.9 Å². The van der Waals surface area contributed by atoms with Crippen molar-refractivity contribution in [3.63, 3.8) is 0 Å². The SMILES string of the molecule is Nc1ccc(Oc2cc(N)nc(N)c2)c(F)c1. The summed E-state index contributed by atoms with van der Waals surface area (Å²) in [5, 5.41) is 0. The zero-order valence-electron chi connectivity index (χ0n) is 8.85. The van der Waals surface area contributed by atoms with Crippen molar-refractivity contribution < 1.29 is 9.13 Å². The van der Waals surface area contributed by atoms with Crippen LogP contribution in [0.3, 0.4) is 0 Å². The van der Waals surface area contributed by atoms with Crippen LogP contribution in [-0.4, -0.2) is 4.98 Å². The topological polar surface area (TPSA) is 100 Å². The number of rotatable bonds is 2. The third kappa shape index (κ3) is 2.54. The molecule has 88 valence electrons. The quantitative estimate of drug-likeness (QED) is 0.687. The fraction of sp³-hybridized carbons (Fsp3) is 0. The molecule has 1 aromatic heterocycles. The molecule has 0 atom stereocenters. The van der Waals surface area contributed by atoms with Crippen molar-refractivity contribution in [1.82, 2.24) is 4.98 Å². The summed E-state index contributed by atoms with van der Waals surface area (Å²) >= 11 is 0. The van der Waals surface area contributed by atoms with Gasteiger partial charge in [-0.3, -0.25) is 0 Å². The summed E-state index contributed by atoms with van der Waals surface area (Å²) in [5.41, 5.74) is 16.7. The van der Waals surface area contributed by atoms with Crippen molar-refractivity contribution in [2.24, 2.45) is 0 Å². The number of ether oxygens (including phenoxy) is 1. The Bertz CT molecular complexity index is 539. The Morgan fingerprint density at radius 1 is 1.00 bits per heavy atom. The zero-order chi connectivity index (χ0) is 12.4. The van der Waals surface area contributed by atoms with Gasteiger partial charge in [0.15, 0.2) is 11.6 Å². The minimum absolute atomic E-state index is 0.0456. The van der Waals surface area contributed by atoms with Gasteiger partial charge in [-0.15, -0.1) is 0 Å². The third-order valence-electron chi connectivity index (χ3n) is 2.02. The molecular formula is C11H11FN4O. The summed E-state index contributed by atoms with van der Waals surface area (Å²) in [6.07, 6.45) is 0. The maximum absolute atomic E-state index is 13.5. The number of anilines is 3. The van der Waals surface area contributed by atoms with E-state index in [0.717, 1.165) is 0 Å². The van der Waals surface area contributed by atoms with E-state index < -0.39 is 5.82 Å². The second-order valence-corrected chi connectivity index (χ2v) is 3.44. The Kier molecular flexibility index (Phi) is 2.70. The van der Waals surface area contributed by atoms with E-state index in [2.05, 4.69) is 4.98 Å². The summed E-state index contributed by atoms with van der Waals surface area (Å²) in [6.45, 7) is 0. The van der Waals surface area contributed by atoms with Crippen molar-refractivity contribution in [1.29, 1.82) is 0 Å². The summed E-state index contributed by atoms with van der Waals surface area (Å²) in [4.78, 5) is 3.77. The fourth-order valence-corrected chi connectivity index (χ4v) is 1.33. The largest absolute Gasteiger partial charge is 0.454 e. The van der Waals surface area contributed by atoms with Gasteiger partial charge in [0.2, 0.25) is 0 Å². The van der Waals surface area contributed by atoms with Crippen LogP contribution in [0.4, 0.5) is 21.7 Å². The predicted molar refractivity (Wildman–Crippen MR) is 63.9 cm³/mol. The highest BCUT2D eigenvalue weighted by Crippen LogP contribution is 2.27. The predicted octanol–water partition coefficient (Wildman–Crippen LogP) is 1.76. The van der Waals surface area contributed by atoms with Crippen LogP contribution in [0, 0.1) is 5.82 Å². The van der Waals surface area contributed by atoms with Crippen LogP contribution in [0.15, 0.2) is 30.3 Å². The fourth-order valence-electron chi connectivity index (χ4n) is 1.33. The Morgan fingerprint density at radius 3 is 2.24 bits per heavy atom. The molecular weight excluding hydrogens is 223 g/mol. The number of hydrogen-bond acceptors (Lipinski definition) is 5. The first-order valence-electron chi connectivity index (χ1n) is 4.80. The van der Waals surface area contributed by atoms with Gasteiger partial charge in [-0.1, -0.05) is 0 Å². The van der Waals surface area contributed by atoms with E-state index in [0.29, 0.717) is 11.4 Å². The number of nitrogens with two attached hydrogens (primary N) is 3. The molecule has 0 amide bonds. The number of hydrogen-bond donors (Lipinski definition) is 3. The van der Waals surface area contributed by atoms with Crippen molar-refractivity contribution in [2.45, 2.75) is 0 Å². The smallest absolute Gasteiger partial charge is 0.167 e. The van der Waals surface area contributed by atoms with Crippen molar-refractivity contribution >= 4 is 17.3 Å². The molecule has 0 saturated heterocycles. The van der Waals surface area contributed by atoms with Gasteiger partial charge in [-0.05, 0) is 12.1 Å². The Labute approximate surface area is 97.0 Å². The monoisotopic (exact) mass is 234 g/mol. The van der Waals surface area contributed by atoms with E-state index in [1.54, 1.807) is 0 Å². The maximum atomic E-state index is 13.5. The first-order chi connectivity index (χ1) is 8.04. The molecule has 0 saturated carbocycles. The van der Waals surface area contributed by atoms with Gasteiger partial charge in [0, 0.05) is 23.9 Å². The number of benzene rings is 1. The second-order valence-electron chi connectivity index (χ2n) is 3.44. The number of nitrogen functional groups attached to an aromatic ring is 3. The molecule has 0 unspecified atom stereocenters. The first-order valence-corrected chi connectivity index (χ1v) is 4.80. The van der Waals surface area contributed by atoms with Crippen LogP contribution in [0.2, 0.25) is 0 Å². The van der Waals surface area contributed by atoms with Crippen LogP contribution in [-0.2, 0) is 0 Å². The average Bonchev–Trinajstić information content (AvgIpc) is 2.21. The van der Waals surface area contributed by atoms with Gasteiger partial charge in [0.05, 0.1) is 0 Å². The number of pyridine rings is 1. The summed E-state index contributed by atoms with van der Waals surface area (Å²) < 4.78 is 18.7. The average molecular weight is 234 g/mol. The lowest BCUT2D eigenvalue weighted by Crippen LogP contribution is -1.98. The minimum Gasteiger partial charge on any atom is -0.454 e. The van der Waals surface area contributed by atoms with E-state index in [9.17, 15) is 4.39 Å². The Hall–Kier alpha value is -2.50. The summed E-state index contributed by atoms with van der Waals surface area (Å²) in [6, 6.07) is 7.03. The molecule has 0 bridgehead atoms. The lowest BCUT2D eigenvalue weighted by atomic mass is 10.3. The van der Waals surface area contributed by atoms with Crippen LogP contribution in [0.1, 0.15) is 0 Å². The highest BCUT2D eigenvalue weighted by Gasteiger charge is 2.06. The van der Waals surface area contributed by atoms with E-state index in [1.165, 1.54) is 30.3 Å². The van der Waals surface area contributed by atoms with Gasteiger partial charge in [0.1, 0.15) is 17.4 Å². The van der Waals surface area contributed by atoms with Gasteiger partial charge in [-0.2, -0.15) is 0 Å². The minimum atomic E-state index is -0.557. The van der Waals surface area contributed by atoms with Crippen molar-refractivity contribution in [3.8, 4) is 11.5 Å². The number of nitrogens with zero attached hydrogens (tertiary/aromatic N) is 1. The maximum Gasteiger partial charge on any atom is 0.167 e. The van der Waals surface area contributed by atoms with Gasteiger partial charge < -0.3 is 21.9 Å². The van der Waals surface area contributed by atoms with E-state index >= 15 is 0 Å². The Morgan fingerprint density at radius 2 is 1.65 bits per heavy atom. The summed E-state index contributed by atoms with van der Waals surface area (Å²) in [7, 11) is 0. The number of halogens is 1. The highest BCUT2D eigenvalue weighted by atomic mass is 19.1. The van der Waals surface area contributed by atoms with E-state index in [1.807, 2.05) is 0 Å². The molecule has 1 aromatic carbocycles. The lowest BCUT2D eigenvalue weighted by Gasteiger charge is -2.08. The molecule has 0 aliphatic carbocycles.